The molecule has 0 aromatic carbocycles. The smallest absolute Gasteiger partial charge is 0.332 e. The lowest BCUT2D eigenvalue weighted by Crippen LogP contribution is -2.48. The van der Waals surface area contributed by atoms with Crippen LogP contribution in [0.1, 0.15) is 25.7 Å². The van der Waals surface area contributed by atoms with Crippen LogP contribution >= 0.6 is 0 Å². The molecule has 3 heterocycles. The van der Waals surface area contributed by atoms with Crippen LogP contribution in [0, 0.1) is 10.1 Å². The second-order valence-electron chi connectivity index (χ2n) is 5.53. The van der Waals surface area contributed by atoms with Gasteiger partial charge in [0, 0.05) is 24.1 Å². The van der Waals surface area contributed by atoms with E-state index in [4.69, 9.17) is 20.1 Å². The van der Waals surface area contributed by atoms with Crippen molar-refractivity contribution in [2.45, 2.75) is 43.4 Å². The molecule has 4 rings (SSSR count). The van der Waals surface area contributed by atoms with Crippen molar-refractivity contribution in [1.82, 2.24) is 4.90 Å². The molecular weight excluding hydrogens is 264 g/mol. The Balaban J connectivity index is 0.000000272. The summed E-state index contributed by atoms with van der Waals surface area (Å²) in [4.78, 5) is 22.4. The first-order chi connectivity index (χ1) is 9.53. The minimum absolute atomic E-state index is 0.146. The van der Waals surface area contributed by atoms with Gasteiger partial charge < -0.3 is 9.94 Å². The zero-order chi connectivity index (χ0) is 14.3. The van der Waals surface area contributed by atoms with Gasteiger partial charge in [-0.05, 0) is 19.4 Å². The summed E-state index contributed by atoms with van der Waals surface area (Å²) in [6.07, 6.45) is 10.7. The molecule has 4 aliphatic rings. The molecular formula is C13H16N2O5. The fraction of sp³-hybridized carbons (Fsp3) is 0.615. The Hall–Kier alpha value is -1.89. The van der Waals surface area contributed by atoms with Crippen molar-refractivity contribution >= 4 is 5.97 Å². The highest BCUT2D eigenvalue weighted by molar-refractivity contribution is 5.88. The Morgan fingerprint density at radius 3 is 3.00 bits per heavy atom. The summed E-state index contributed by atoms with van der Waals surface area (Å²) in [5, 5.41) is 13.6. The molecule has 2 saturated heterocycles. The van der Waals surface area contributed by atoms with Gasteiger partial charge >= 0.3 is 5.97 Å². The van der Waals surface area contributed by atoms with Gasteiger partial charge in [-0.25, -0.2) is 4.79 Å². The molecule has 7 nitrogen and oxygen atoms in total. The molecule has 1 aliphatic carbocycles. The molecule has 0 aromatic rings. The first-order valence-corrected chi connectivity index (χ1v) is 6.75. The summed E-state index contributed by atoms with van der Waals surface area (Å²) in [7, 11) is 0. The lowest BCUT2D eigenvalue weighted by molar-refractivity contribution is -0.742. The summed E-state index contributed by atoms with van der Waals surface area (Å²) < 4.78 is 5.69. The molecule has 0 aromatic heterocycles. The van der Waals surface area contributed by atoms with Crippen LogP contribution in [-0.2, 0) is 9.53 Å². The second kappa shape index (κ2) is 4.59. The number of hydrogen-bond donors (Lipinski definition) is 1. The predicted molar refractivity (Wildman–Crippen MR) is 67.6 cm³/mol. The van der Waals surface area contributed by atoms with Crippen molar-refractivity contribution in [1.29, 1.82) is 0 Å². The SMILES string of the molecule is O=C1C=C2C=C[C@H]3CC2(O1)[C@H]1CCCCN31.O=[N+]([O-])O. The zero-order valence-corrected chi connectivity index (χ0v) is 10.9. The molecule has 0 radical (unpaired) electrons. The molecule has 3 atom stereocenters. The van der Waals surface area contributed by atoms with Gasteiger partial charge in [0.05, 0.1) is 6.04 Å². The molecule has 7 heteroatoms. The average molecular weight is 280 g/mol. The first kappa shape index (κ1) is 13.1. The molecule has 20 heavy (non-hydrogen) atoms. The Bertz CT molecular complexity index is 511. The van der Waals surface area contributed by atoms with E-state index in [1.807, 2.05) is 0 Å². The highest BCUT2D eigenvalue weighted by atomic mass is 16.9. The highest BCUT2D eigenvalue weighted by Crippen LogP contribution is 2.51. The number of piperidine rings is 1. The predicted octanol–water partition coefficient (Wildman–Crippen LogP) is 1.06. The number of fused-ring (bicyclic) bond motifs is 3. The molecule has 3 aliphatic heterocycles. The van der Waals surface area contributed by atoms with Gasteiger partial charge in [0.2, 0.25) is 0 Å². The molecule has 2 fully saturated rings. The number of esters is 1. The van der Waals surface area contributed by atoms with Gasteiger partial charge in [0.15, 0.2) is 5.60 Å². The van der Waals surface area contributed by atoms with Crippen LogP contribution in [0.15, 0.2) is 23.8 Å². The van der Waals surface area contributed by atoms with Crippen LogP contribution in [0.4, 0.5) is 0 Å². The Labute approximate surface area is 115 Å². The van der Waals surface area contributed by atoms with E-state index < -0.39 is 5.09 Å². The van der Waals surface area contributed by atoms with Crippen molar-refractivity contribution in [3.63, 3.8) is 0 Å². The number of carbonyl (C=O) groups is 1. The van der Waals surface area contributed by atoms with E-state index in [1.54, 1.807) is 6.08 Å². The lowest BCUT2D eigenvalue weighted by Gasteiger charge is -2.37. The fourth-order valence-corrected chi connectivity index (χ4v) is 3.94. The number of carbonyl (C=O) groups excluding carboxylic acids is 1. The van der Waals surface area contributed by atoms with E-state index in [0.717, 1.165) is 18.5 Å². The van der Waals surface area contributed by atoms with E-state index in [0.29, 0.717) is 12.1 Å². The largest absolute Gasteiger partial charge is 0.449 e. The molecule has 1 spiro atoms. The topological polar surface area (TPSA) is 92.9 Å². The number of ether oxygens (including phenoxy) is 1. The molecule has 1 N–H and O–H groups in total. The average Bonchev–Trinajstić information content (AvgIpc) is 2.85. The molecule has 0 saturated carbocycles. The van der Waals surface area contributed by atoms with E-state index in [9.17, 15) is 4.79 Å². The van der Waals surface area contributed by atoms with Crippen molar-refractivity contribution in [3.05, 3.63) is 33.9 Å². The van der Waals surface area contributed by atoms with Crippen molar-refractivity contribution in [2.24, 2.45) is 0 Å². The van der Waals surface area contributed by atoms with Crippen LogP contribution in [0.5, 0.6) is 0 Å². The summed E-state index contributed by atoms with van der Waals surface area (Å²) in [6.45, 7) is 1.16. The summed E-state index contributed by atoms with van der Waals surface area (Å²) >= 11 is 0. The lowest BCUT2D eigenvalue weighted by atomic mass is 9.80. The van der Waals surface area contributed by atoms with E-state index in [1.165, 1.54) is 19.3 Å². The Morgan fingerprint density at radius 2 is 2.25 bits per heavy atom. The van der Waals surface area contributed by atoms with Crippen molar-refractivity contribution in [2.75, 3.05) is 6.54 Å². The minimum atomic E-state index is -1.50. The zero-order valence-electron chi connectivity index (χ0n) is 10.9. The number of hydrogen-bond acceptors (Lipinski definition) is 5. The molecule has 0 amide bonds. The quantitative estimate of drug-likeness (QED) is 0.405. The standard InChI is InChI=1S/C13H15NO2.HNO3/c15-12-7-9-4-5-10-8-13(9,16-12)11-3-1-2-6-14(10)11;2-1(3)4/h4-5,7,10-11H,1-3,6,8H2;(H,2,3,4)/t10-,11+,13?;/m0./s1. The Morgan fingerprint density at radius 1 is 1.50 bits per heavy atom. The molecule has 1 unspecified atom stereocenters. The van der Waals surface area contributed by atoms with E-state index >= 15 is 0 Å². The molecule has 2 bridgehead atoms. The maximum Gasteiger partial charge on any atom is 0.332 e. The third-order valence-electron chi connectivity index (χ3n) is 4.56. The van der Waals surface area contributed by atoms with Crippen LogP contribution < -0.4 is 0 Å². The summed E-state index contributed by atoms with van der Waals surface area (Å²) in [6, 6.07) is 0.923. The van der Waals surface area contributed by atoms with Gasteiger partial charge in [-0.3, -0.25) is 4.90 Å². The van der Waals surface area contributed by atoms with E-state index in [-0.39, 0.29) is 11.6 Å². The van der Waals surface area contributed by atoms with Gasteiger partial charge in [-0.1, -0.05) is 18.6 Å². The maximum absolute atomic E-state index is 11.5. The summed E-state index contributed by atoms with van der Waals surface area (Å²) in [5.74, 6) is -0.146. The van der Waals surface area contributed by atoms with Gasteiger partial charge in [0.1, 0.15) is 0 Å². The van der Waals surface area contributed by atoms with Gasteiger partial charge in [0.25, 0.3) is 5.09 Å². The van der Waals surface area contributed by atoms with Crippen LogP contribution in [-0.4, -0.2) is 45.4 Å². The number of nitrogens with zero attached hydrogens (tertiary/aromatic N) is 2. The van der Waals surface area contributed by atoms with Crippen molar-refractivity contribution < 1.29 is 19.8 Å². The maximum atomic E-state index is 11.5. The minimum Gasteiger partial charge on any atom is -0.449 e. The normalized spacial score (nSPS) is 37.2. The van der Waals surface area contributed by atoms with Gasteiger partial charge in [-0.15, -0.1) is 10.1 Å². The van der Waals surface area contributed by atoms with E-state index in [2.05, 4.69) is 17.1 Å². The van der Waals surface area contributed by atoms with Crippen LogP contribution in [0.2, 0.25) is 0 Å². The summed E-state index contributed by atoms with van der Waals surface area (Å²) in [5.41, 5.74) is 0.833. The molecule has 108 valence electrons. The number of rotatable bonds is 0. The third-order valence-corrected chi connectivity index (χ3v) is 4.56. The fourth-order valence-electron chi connectivity index (χ4n) is 3.94. The van der Waals surface area contributed by atoms with Gasteiger partial charge in [-0.2, -0.15) is 0 Å². The monoisotopic (exact) mass is 280 g/mol. The Kier molecular flexibility index (Phi) is 3.01. The van der Waals surface area contributed by atoms with Crippen LogP contribution in [0.3, 0.4) is 0 Å². The second-order valence-corrected chi connectivity index (χ2v) is 5.53. The van der Waals surface area contributed by atoms with Crippen molar-refractivity contribution in [3.8, 4) is 0 Å². The highest BCUT2D eigenvalue weighted by Gasteiger charge is 2.59. The third kappa shape index (κ3) is 1.89. The van der Waals surface area contributed by atoms with Crippen LogP contribution in [0.25, 0.3) is 0 Å². The first-order valence-electron chi connectivity index (χ1n) is 6.75.